The van der Waals surface area contributed by atoms with E-state index in [9.17, 15) is 13.2 Å². The van der Waals surface area contributed by atoms with E-state index >= 15 is 0 Å². The molecule has 0 radical (unpaired) electrons. The number of carbonyl (C=O) groups excluding carboxylic acids is 1. The molecule has 2 aromatic carbocycles. The number of ether oxygens (including phenoxy) is 2. The fourth-order valence-electron chi connectivity index (χ4n) is 2.33. The number of benzene rings is 2. The Labute approximate surface area is 148 Å². The molecule has 0 saturated carbocycles. The zero-order chi connectivity index (χ0) is 18.6. The second-order valence-corrected chi connectivity index (χ2v) is 7.34. The molecule has 25 heavy (non-hydrogen) atoms. The van der Waals surface area contributed by atoms with Crippen LogP contribution in [-0.2, 0) is 14.8 Å². The Kier molecular flexibility index (Phi) is 5.69. The van der Waals surface area contributed by atoms with Crippen molar-refractivity contribution in [2.45, 2.75) is 18.7 Å². The van der Waals surface area contributed by atoms with Crippen LogP contribution in [0.15, 0.2) is 47.4 Å². The summed E-state index contributed by atoms with van der Waals surface area (Å²) >= 11 is 0. The molecule has 6 nitrogen and oxygen atoms in total. The second-order valence-electron chi connectivity index (χ2n) is 5.37. The van der Waals surface area contributed by atoms with Crippen molar-refractivity contribution in [3.63, 3.8) is 0 Å². The summed E-state index contributed by atoms with van der Waals surface area (Å²) in [5.41, 5.74) is 1.45. The van der Waals surface area contributed by atoms with Crippen LogP contribution in [0.5, 0.6) is 5.75 Å². The van der Waals surface area contributed by atoms with Crippen LogP contribution >= 0.6 is 0 Å². The van der Waals surface area contributed by atoms with Crippen molar-refractivity contribution in [2.75, 3.05) is 25.1 Å². The quantitative estimate of drug-likeness (QED) is 0.738. The monoisotopic (exact) mass is 363 g/mol. The molecule has 0 bridgehead atoms. The Bertz CT molecular complexity index is 860. The first-order chi connectivity index (χ1) is 11.8. The van der Waals surface area contributed by atoms with Crippen molar-refractivity contribution in [3.05, 3.63) is 53.6 Å². The Morgan fingerprint density at radius 2 is 1.76 bits per heavy atom. The average molecular weight is 363 g/mol. The molecule has 7 heteroatoms. The van der Waals surface area contributed by atoms with E-state index in [1.165, 1.54) is 32.4 Å². The van der Waals surface area contributed by atoms with Crippen molar-refractivity contribution in [2.24, 2.45) is 0 Å². The van der Waals surface area contributed by atoms with Crippen molar-refractivity contribution >= 4 is 21.7 Å². The molecule has 0 N–H and O–H groups in total. The third kappa shape index (κ3) is 3.93. The number of anilines is 1. The maximum absolute atomic E-state index is 12.9. The molecule has 2 rings (SSSR count). The number of rotatable bonds is 6. The lowest BCUT2D eigenvalue weighted by Crippen LogP contribution is -2.27. The van der Waals surface area contributed by atoms with Gasteiger partial charge in [0.15, 0.2) is 0 Å². The van der Waals surface area contributed by atoms with Gasteiger partial charge < -0.3 is 9.47 Å². The van der Waals surface area contributed by atoms with Crippen LogP contribution in [0.2, 0.25) is 0 Å². The fourth-order valence-corrected chi connectivity index (χ4v) is 3.58. The van der Waals surface area contributed by atoms with Gasteiger partial charge in [-0.25, -0.2) is 13.2 Å². The Morgan fingerprint density at radius 1 is 1.12 bits per heavy atom. The third-order valence-electron chi connectivity index (χ3n) is 3.78. The molecule has 0 aliphatic heterocycles. The third-order valence-corrected chi connectivity index (χ3v) is 5.56. The maximum Gasteiger partial charge on any atom is 0.338 e. The molecule has 0 aromatic heterocycles. The molecule has 0 aliphatic carbocycles. The zero-order valence-electron chi connectivity index (χ0n) is 14.6. The molecule has 0 saturated heterocycles. The average Bonchev–Trinajstić information content (AvgIpc) is 2.61. The summed E-state index contributed by atoms with van der Waals surface area (Å²) in [4.78, 5) is 12.1. The minimum atomic E-state index is -3.77. The summed E-state index contributed by atoms with van der Waals surface area (Å²) in [6, 6.07) is 11.0. The first-order valence-electron chi connectivity index (χ1n) is 7.72. The van der Waals surface area contributed by atoms with E-state index in [1.807, 2.05) is 0 Å². The molecule has 0 unspecified atom stereocenters. The van der Waals surface area contributed by atoms with Crippen LogP contribution in [0, 0.1) is 6.92 Å². The van der Waals surface area contributed by atoms with Gasteiger partial charge in [0.2, 0.25) is 0 Å². The lowest BCUT2D eigenvalue weighted by atomic mass is 10.1. The number of hydrogen-bond acceptors (Lipinski definition) is 5. The van der Waals surface area contributed by atoms with E-state index < -0.39 is 16.0 Å². The molecule has 0 fully saturated rings. The number of carbonyl (C=O) groups is 1. The standard InChI is InChI=1S/C18H21NO5S/c1-5-24-18(20)14-7-6-13(2)17(12-14)19(3)25(21,22)16-10-8-15(23-4)9-11-16/h6-12H,5H2,1-4H3. The van der Waals surface area contributed by atoms with Crippen LogP contribution in [0.4, 0.5) is 5.69 Å². The van der Waals surface area contributed by atoms with E-state index in [1.54, 1.807) is 38.1 Å². The van der Waals surface area contributed by atoms with Crippen molar-refractivity contribution < 1.29 is 22.7 Å². The van der Waals surface area contributed by atoms with E-state index in [4.69, 9.17) is 9.47 Å². The predicted octanol–water partition coefficient (Wildman–Crippen LogP) is 3.01. The van der Waals surface area contributed by atoms with Gasteiger partial charge in [0.1, 0.15) is 5.75 Å². The molecule has 0 amide bonds. The smallest absolute Gasteiger partial charge is 0.338 e. The SMILES string of the molecule is CCOC(=O)c1ccc(C)c(N(C)S(=O)(=O)c2ccc(OC)cc2)c1. The molecular weight excluding hydrogens is 342 g/mol. The van der Waals surface area contributed by atoms with E-state index in [0.29, 0.717) is 17.0 Å². The van der Waals surface area contributed by atoms with Gasteiger partial charge in [-0.2, -0.15) is 0 Å². The topological polar surface area (TPSA) is 72.9 Å². The van der Waals surface area contributed by atoms with Gasteiger partial charge in [0.25, 0.3) is 10.0 Å². The number of methoxy groups -OCH3 is 1. The van der Waals surface area contributed by atoms with Gasteiger partial charge >= 0.3 is 5.97 Å². The van der Waals surface area contributed by atoms with Gasteiger partial charge in [-0.05, 0) is 55.8 Å². The fraction of sp³-hybridized carbons (Fsp3) is 0.278. The number of sulfonamides is 1. The molecular formula is C18H21NO5S. The molecule has 2 aromatic rings. The minimum absolute atomic E-state index is 0.136. The Hall–Kier alpha value is -2.54. The second kappa shape index (κ2) is 7.57. The van der Waals surface area contributed by atoms with Crippen LogP contribution in [0.1, 0.15) is 22.8 Å². The largest absolute Gasteiger partial charge is 0.497 e. The van der Waals surface area contributed by atoms with Crippen molar-refractivity contribution in [3.8, 4) is 5.75 Å². The summed E-state index contributed by atoms with van der Waals surface area (Å²) in [6.07, 6.45) is 0. The van der Waals surface area contributed by atoms with Crippen LogP contribution in [0.3, 0.4) is 0 Å². The highest BCUT2D eigenvalue weighted by Crippen LogP contribution is 2.27. The summed E-state index contributed by atoms with van der Waals surface area (Å²) in [6.45, 7) is 3.75. The molecule has 0 spiro atoms. The lowest BCUT2D eigenvalue weighted by molar-refractivity contribution is 0.0526. The number of hydrogen-bond donors (Lipinski definition) is 0. The Balaban J connectivity index is 2.42. The highest BCUT2D eigenvalue weighted by Gasteiger charge is 2.23. The van der Waals surface area contributed by atoms with Crippen LogP contribution in [-0.4, -0.2) is 35.2 Å². The predicted molar refractivity (Wildman–Crippen MR) is 95.7 cm³/mol. The van der Waals surface area contributed by atoms with Gasteiger partial charge in [0, 0.05) is 7.05 Å². The first kappa shape index (κ1) is 18.8. The van der Waals surface area contributed by atoms with Crippen LogP contribution in [0.25, 0.3) is 0 Å². The van der Waals surface area contributed by atoms with Gasteiger partial charge in [-0.3, -0.25) is 4.31 Å². The van der Waals surface area contributed by atoms with Crippen LogP contribution < -0.4 is 9.04 Å². The molecule has 0 aliphatic rings. The van der Waals surface area contributed by atoms with E-state index in [-0.39, 0.29) is 11.5 Å². The summed E-state index contributed by atoms with van der Waals surface area (Å²) < 4.78 is 36.9. The minimum Gasteiger partial charge on any atom is -0.497 e. The highest BCUT2D eigenvalue weighted by atomic mass is 32.2. The molecule has 0 heterocycles. The van der Waals surface area contributed by atoms with Crippen molar-refractivity contribution in [1.29, 1.82) is 0 Å². The summed E-state index contributed by atoms with van der Waals surface area (Å²) in [5.74, 6) is 0.0843. The summed E-state index contributed by atoms with van der Waals surface area (Å²) in [7, 11) is -0.800. The Morgan fingerprint density at radius 3 is 2.32 bits per heavy atom. The van der Waals surface area contributed by atoms with E-state index in [0.717, 1.165) is 9.87 Å². The van der Waals surface area contributed by atoms with Gasteiger partial charge in [0.05, 0.1) is 29.9 Å². The normalized spacial score (nSPS) is 11.0. The highest BCUT2D eigenvalue weighted by molar-refractivity contribution is 7.92. The zero-order valence-corrected chi connectivity index (χ0v) is 15.5. The molecule has 134 valence electrons. The molecule has 0 atom stereocenters. The number of esters is 1. The van der Waals surface area contributed by atoms with Gasteiger partial charge in [-0.1, -0.05) is 6.07 Å². The lowest BCUT2D eigenvalue weighted by Gasteiger charge is -2.22. The maximum atomic E-state index is 12.9. The number of aryl methyl sites for hydroxylation is 1. The van der Waals surface area contributed by atoms with Gasteiger partial charge in [-0.15, -0.1) is 0 Å². The van der Waals surface area contributed by atoms with Crippen molar-refractivity contribution in [1.82, 2.24) is 0 Å². The van der Waals surface area contributed by atoms with E-state index in [2.05, 4.69) is 0 Å². The summed E-state index contributed by atoms with van der Waals surface area (Å²) in [5, 5.41) is 0. The number of nitrogens with zero attached hydrogens (tertiary/aromatic N) is 1. The first-order valence-corrected chi connectivity index (χ1v) is 9.16.